The molecule has 0 amide bonds. The van der Waals surface area contributed by atoms with Gasteiger partial charge in [0.25, 0.3) is 0 Å². The van der Waals surface area contributed by atoms with Crippen molar-refractivity contribution in [3.05, 3.63) is 35.9 Å². The van der Waals surface area contributed by atoms with Gasteiger partial charge in [0, 0.05) is 11.5 Å². The molecule has 3 atom stereocenters. The maximum Gasteiger partial charge on any atom is 0.168 e. The van der Waals surface area contributed by atoms with Crippen molar-refractivity contribution in [1.29, 1.82) is 0 Å². The molecule has 5 heteroatoms. The first-order valence-electron chi connectivity index (χ1n) is 6.85. The fourth-order valence-corrected chi connectivity index (χ4v) is 4.02. The molecule has 2 saturated heterocycles. The number of carbonyl (C=O) groups is 1. The molecule has 1 aromatic rings. The third-order valence-electron chi connectivity index (χ3n) is 3.82. The average molecular weight is 294 g/mol. The van der Waals surface area contributed by atoms with Gasteiger partial charge in [0.15, 0.2) is 6.29 Å². The Balaban J connectivity index is 1.74. The Hall–Kier alpha value is -0.880. The van der Waals surface area contributed by atoms with Gasteiger partial charge in [-0.05, 0) is 5.56 Å². The predicted octanol–water partition coefficient (Wildman–Crippen LogP) is 1.64. The Morgan fingerprint density at radius 3 is 2.55 bits per heavy atom. The van der Waals surface area contributed by atoms with Crippen LogP contribution in [0.3, 0.4) is 0 Å². The Morgan fingerprint density at radius 2 is 1.85 bits per heavy atom. The summed E-state index contributed by atoms with van der Waals surface area (Å²) in [5.74, 6) is 0.778. The van der Waals surface area contributed by atoms with E-state index in [1.54, 1.807) is 11.8 Å². The molecule has 1 aromatic carbocycles. The largest absolute Gasteiger partial charge is 0.388 e. The van der Waals surface area contributed by atoms with Crippen molar-refractivity contribution < 1.29 is 19.4 Å². The van der Waals surface area contributed by atoms with E-state index < -0.39 is 12.4 Å². The van der Waals surface area contributed by atoms with Crippen LogP contribution in [0.2, 0.25) is 0 Å². The highest BCUT2D eigenvalue weighted by Crippen LogP contribution is 2.36. The molecule has 2 aliphatic rings. The first kappa shape index (κ1) is 14.1. The standard InChI is InChI=1S/C15H18O4S/c16-13(10-4-2-1-3-5-10)11-8-20-9-12(14(11)17)15-18-6-7-19-15/h1-5,11-13,15-16H,6-9H2/t11-,12+,13-/m1/s1. The first-order valence-corrected chi connectivity index (χ1v) is 8.00. The van der Waals surface area contributed by atoms with E-state index in [0.29, 0.717) is 24.7 Å². The van der Waals surface area contributed by atoms with Crippen molar-refractivity contribution >= 4 is 17.5 Å². The third-order valence-corrected chi connectivity index (χ3v) is 5.01. The first-order chi connectivity index (χ1) is 9.77. The summed E-state index contributed by atoms with van der Waals surface area (Å²) in [6.45, 7) is 1.09. The highest BCUT2D eigenvalue weighted by Gasteiger charge is 2.42. The van der Waals surface area contributed by atoms with Crippen LogP contribution < -0.4 is 0 Å². The number of thioether (sulfide) groups is 1. The van der Waals surface area contributed by atoms with E-state index in [-0.39, 0.29) is 17.6 Å². The second-order valence-corrected chi connectivity index (χ2v) is 6.19. The van der Waals surface area contributed by atoms with E-state index in [1.165, 1.54) is 0 Å². The monoisotopic (exact) mass is 294 g/mol. The molecule has 0 saturated carbocycles. The molecule has 2 fully saturated rings. The summed E-state index contributed by atoms with van der Waals surface area (Å²) in [6.07, 6.45) is -1.18. The summed E-state index contributed by atoms with van der Waals surface area (Å²) in [7, 11) is 0. The lowest BCUT2D eigenvalue weighted by Crippen LogP contribution is -2.42. The Kier molecular flexibility index (Phi) is 4.41. The fourth-order valence-electron chi connectivity index (χ4n) is 2.71. The van der Waals surface area contributed by atoms with Crippen LogP contribution in [0.15, 0.2) is 30.3 Å². The zero-order valence-electron chi connectivity index (χ0n) is 11.1. The molecule has 108 valence electrons. The van der Waals surface area contributed by atoms with Gasteiger partial charge in [-0.15, -0.1) is 0 Å². The minimum Gasteiger partial charge on any atom is -0.388 e. The molecule has 0 bridgehead atoms. The summed E-state index contributed by atoms with van der Waals surface area (Å²) in [4.78, 5) is 12.6. The summed E-state index contributed by atoms with van der Waals surface area (Å²) >= 11 is 1.68. The number of benzene rings is 1. The molecule has 1 N–H and O–H groups in total. The molecule has 0 radical (unpaired) electrons. The number of hydrogen-bond acceptors (Lipinski definition) is 5. The highest BCUT2D eigenvalue weighted by molar-refractivity contribution is 7.99. The third kappa shape index (κ3) is 2.76. The molecular formula is C15H18O4S. The number of aliphatic hydroxyl groups excluding tert-OH is 1. The molecule has 0 unspecified atom stereocenters. The number of ether oxygens (including phenoxy) is 2. The Bertz CT molecular complexity index is 458. The van der Waals surface area contributed by atoms with Crippen molar-refractivity contribution in [3.63, 3.8) is 0 Å². The predicted molar refractivity (Wildman–Crippen MR) is 76.4 cm³/mol. The van der Waals surface area contributed by atoms with Crippen molar-refractivity contribution in [2.45, 2.75) is 12.4 Å². The lowest BCUT2D eigenvalue weighted by atomic mass is 9.87. The lowest BCUT2D eigenvalue weighted by Gasteiger charge is -2.32. The number of Topliss-reactive ketones (excluding diaryl/α,β-unsaturated/α-hetero) is 1. The normalized spacial score (nSPS) is 29.6. The van der Waals surface area contributed by atoms with Crippen LogP contribution in [-0.4, -0.2) is 41.9 Å². The summed E-state index contributed by atoms with van der Waals surface area (Å²) < 4.78 is 10.9. The molecule has 20 heavy (non-hydrogen) atoms. The molecule has 4 nitrogen and oxygen atoms in total. The van der Waals surface area contributed by atoms with Gasteiger partial charge in [-0.2, -0.15) is 11.8 Å². The summed E-state index contributed by atoms with van der Waals surface area (Å²) in [5.41, 5.74) is 0.792. The average Bonchev–Trinajstić information content (AvgIpc) is 3.02. The number of ketones is 1. The Labute approximate surface area is 122 Å². The van der Waals surface area contributed by atoms with Crippen LogP contribution in [0.4, 0.5) is 0 Å². The molecule has 0 spiro atoms. The molecule has 3 rings (SSSR count). The second kappa shape index (κ2) is 6.26. The molecule has 2 heterocycles. The van der Waals surface area contributed by atoms with Crippen molar-refractivity contribution in [1.82, 2.24) is 0 Å². The zero-order valence-corrected chi connectivity index (χ0v) is 11.9. The maximum atomic E-state index is 12.6. The van der Waals surface area contributed by atoms with Crippen LogP contribution in [0.25, 0.3) is 0 Å². The van der Waals surface area contributed by atoms with E-state index in [4.69, 9.17) is 9.47 Å². The number of rotatable bonds is 3. The van der Waals surface area contributed by atoms with Crippen LogP contribution in [-0.2, 0) is 14.3 Å². The van der Waals surface area contributed by atoms with Crippen LogP contribution in [0.1, 0.15) is 11.7 Å². The van der Waals surface area contributed by atoms with E-state index in [9.17, 15) is 9.90 Å². The van der Waals surface area contributed by atoms with Gasteiger partial charge in [-0.1, -0.05) is 30.3 Å². The second-order valence-electron chi connectivity index (χ2n) is 5.12. The van der Waals surface area contributed by atoms with Crippen molar-refractivity contribution in [2.75, 3.05) is 24.7 Å². The summed E-state index contributed by atoms with van der Waals surface area (Å²) in [6, 6.07) is 9.36. The van der Waals surface area contributed by atoms with Crippen molar-refractivity contribution in [3.8, 4) is 0 Å². The smallest absolute Gasteiger partial charge is 0.168 e. The number of carbonyl (C=O) groups excluding carboxylic acids is 1. The van der Waals surface area contributed by atoms with E-state index in [1.807, 2.05) is 30.3 Å². The van der Waals surface area contributed by atoms with Crippen LogP contribution in [0.5, 0.6) is 0 Å². The highest BCUT2D eigenvalue weighted by atomic mass is 32.2. The zero-order chi connectivity index (χ0) is 13.9. The van der Waals surface area contributed by atoms with Gasteiger partial charge < -0.3 is 14.6 Å². The minimum atomic E-state index is -0.750. The topological polar surface area (TPSA) is 55.8 Å². The minimum absolute atomic E-state index is 0.0620. The molecule has 2 aliphatic heterocycles. The maximum absolute atomic E-state index is 12.6. The quantitative estimate of drug-likeness (QED) is 0.918. The van der Waals surface area contributed by atoms with E-state index in [0.717, 1.165) is 5.56 Å². The number of hydrogen-bond donors (Lipinski definition) is 1. The molecular weight excluding hydrogens is 276 g/mol. The van der Waals surface area contributed by atoms with Crippen LogP contribution in [0, 0.1) is 11.8 Å². The SMILES string of the molecule is O=C1[C@@H](C2OCCO2)CSC[C@@H]1[C@H](O)c1ccccc1. The molecule has 0 aliphatic carbocycles. The molecule has 0 aromatic heterocycles. The van der Waals surface area contributed by atoms with Crippen LogP contribution >= 0.6 is 11.8 Å². The van der Waals surface area contributed by atoms with Gasteiger partial charge in [0.1, 0.15) is 5.78 Å². The van der Waals surface area contributed by atoms with Gasteiger partial charge in [-0.3, -0.25) is 4.79 Å². The van der Waals surface area contributed by atoms with Gasteiger partial charge in [-0.25, -0.2) is 0 Å². The van der Waals surface area contributed by atoms with Gasteiger partial charge in [0.2, 0.25) is 0 Å². The summed E-state index contributed by atoms with van der Waals surface area (Å²) in [5, 5.41) is 10.5. The van der Waals surface area contributed by atoms with Gasteiger partial charge in [0.05, 0.1) is 31.2 Å². The fraction of sp³-hybridized carbons (Fsp3) is 0.533. The Morgan fingerprint density at radius 1 is 1.15 bits per heavy atom. The van der Waals surface area contributed by atoms with E-state index >= 15 is 0 Å². The number of aliphatic hydroxyl groups is 1. The lowest BCUT2D eigenvalue weighted by molar-refractivity contribution is -0.144. The van der Waals surface area contributed by atoms with Crippen molar-refractivity contribution in [2.24, 2.45) is 11.8 Å². The van der Waals surface area contributed by atoms with Gasteiger partial charge >= 0.3 is 0 Å². The van der Waals surface area contributed by atoms with E-state index in [2.05, 4.69) is 0 Å².